The summed E-state index contributed by atoms with van der Waals surface area (Å²) in [5.41, 5.74) is 0.537. The molecule has 0 amide bonds. The lowest BCUT2D eigenvalue weighted by Crippen LogP contribution is -1.97. The quantitative estimate of drug-likeness (QED) is 0.774. The van der Waals surface area contributed by atoms with Crippen LogP contribution in [0.15, 0.2) is 40.5 Å². The molecule has 0 aliphatic carbocycles. The van der Waals surface area contributed by atoms with E-state index >= 15 is 0 Å². The summed E-state index contributed by atoms with van der Waals surface area (Å²) >= 11 is 0. The Morgan fingerprint density at radius 1 is 1.21 bits per heavy atom. The SMILES string of the molecule is COc1ccc2c(c1)O/C(=C\c1ccc(C)o1)C2=O. The van der Waals surface area contributed by atoms with Crippen molar-refractivity contribution in [2.45, 2.75) is 6.92 Å². The van der Waals surface area contributed by atoms with E-state index in [1.54, 1.807) is 37.5 Å². The molecule has 1 aliphatic heterocycles. The molecule has 0 unspecified atom stereocenters. The maximum atomic E-state index is 12.1. The predicted octanol–water partition coefficient (Wildman–Crippen LogP) is 3.21. The molecule has 0 N–H and O–H groups in total. The number of hydrogen-bond acceptors (Lipinski definition) is 4. The van der Waals surface area contributed by atoms with Gasteiger partial charge in [-0.15, -0.1) is 0 Å². The molecule has 0 fully saturated rings. The molecular formula is C15H12O4. The number of carbonyl (C=O) groups excluding carboxylic acids is 1. The van der Waals surface area contributed by atoms with Gasteiger partial charge in [0.15, 0.2) is 5.76 Å². The number of carbonyl (C=O) groups is 1. The minimum absolute atomic E-state index is 0.147. The van der Waals surface area contributed by atoms with Crippen LogP contribution >= 0.6 is 0 Å². The van der Waals surface area contributed by atoms with Crippen molar-refractivity contribution in [3.63, 3.8) is 0 Å². The minimum atomic E-state index is -0.147. The molecule has 2 heterocycles. The molecule has 0 saturated carbocycles. The summed E-state index contributed by atoms with van der Waals surface area (Å²) < 4.78 is 16.1. The summed E-state index contributed by atoms with van der Waals surface area (Å²) in [4.78, 5) is 12.1. The van der Waals surface area contributed by atoms with Gasteiger partial charge in [-0.1, -0.05) is 0 Å². The lowest BCUT2D eigenvalue weighted by Gasteiger charge is -2.01. The van der Waals surface area contributed by atoms with Crippen LogP contribution in [-0.4, -0.2) is 12.9 Å². The lowest BCUT2D eigenvalue weighted by atomic mass is 10.1. The molecule has 0 atom stereocenters. The van der Waals surface area contributed by atoms with E-state index in [-0.39, 0.29) is 11.5 Å². The fourth-order valence-electron chi connectivity index (χ4n) is 1.95. The van der Waals surface area contributed by atoms with Crippen molar-refractivity contribution in [3.05, 3.63) is 53.2 Å². The number of fused-ring (bicyclic) bond motifs is 1. The Bertz CT molecular complexity index is 679. The molecule has 0 bridgehead atoms. The summed E-state index contributed by atoms with van der Waals surface area (Å²) in [6, 6.07) is 8.76. The largest absolute Gasteiger partial charge is 0.497 e. The molecule has 19 heavy (non-hydrogen) atoms. The van der Waals surface area contributed by atoms with Crippen LogP contribution in [-0.2, 0) is 0 Å². The van der Waals surface area contributed by atoms with Gasteiger partial charge in [0, 0.05) is 12.1 Å². The first-order chi connectivity index (χ1) is 9.17. The molecule has 1 aromatic heterocycles. The first-order valence-corrected chi connectivity index (χ1v) is 5.86. The predicted molar refractivity (Wildman–Crippen MR) is 69.4 cm³/mol. The third kappa shape index (κ3) is 2.01. The van der Waals surface area contributed by atoms with Gasteiger partial charge in [0.25, 0.3) is 0 Å². The molecule has 4 heteroatoms. The number of allylic oxidation sites excluding steroid dienone is 1. The number of rotatable bonds is 2. The monoisotopic (exact) mass is 256 g/mol. The fourth-order valence-corrected chi connectivity index (χ4v) is 1.95. The topological polar surface area (TPSA) is 48.7 Å². The van der Waals surface area contributed by atoms with E-state index in [0.29, 0.717) is 22.8 Å². The van der Waals surface area contributed by atoms with Crippen molar-refractivity contribution in [2.24, 2.45) is 0 Å². The van der Waals surface area contributed by atoms with Gasteiger partial charge in [-0.2, -0.15) is 0 Å². The Balaban J connectivity index is 1.96. The zero-order chi connectivity index (χ0) is 13.4. The molecule has 2 aromatic rings. The zero-order valence-corrected chi connectivity index (χ0v) is 10.6. The van der Waals surface area contributed by atoms with Gasteiger partial charge in [0.2, 0.25) is 5.78 Å². The number of Topliss-reactive ketones (excluding diaryl/α,β-unsaturated/α-hetero) is 1. The van der Waals surface area contributed by atoms with Gasteiger partial charge >= 0.3 is 0 Å². The van der Waals surface area contributed by atoms with Crippen LogP contribution in [0.25, 0.3) is 6.08 Å². The molecule has 0 saturated heterocycles. The smallest absolute Gasteiger partial charge is 0.232 e. The van der Waals surface area contributed by atoms with Crippen molar-refractivity contribution in [1.29, 1.82) is 0 Å². The molecule has 4 nitrogen and oxygen atoms in total. The highest BCUT2D eigenvalue weighted by Crippen LogP contribution is 2.34. The molecule has 96 valence electrons. The first-order valence-electron chi connectivity index (χ1n) is 5.86. The van der Waals surface area contributed by atoms with Crippen LogP contribution < -0.4 is 9.47 Å². The Morgan fingerprint density at radius 3 is 2.74 bits per heavy atom. The van der Waals surface area contributed by atoms with Gasteiger partial charge < -0.3 is 13.9 Å². The number of benzene rings is 1. The highest BCUT2D eigenvalue weighted by molar-refractivity contribution is 6.14. The van der Waals surface area contributed by atoms with Crippen LogP contribution in [0.2, 0.25) is 0 Å². The molecule has 1 aliphatic rings. The van der Waals surface area contributed by atoms with Crippen molar-refractivity contribution < 1.29 is 18.7 Å². The molecule has 1 aromatic carbocycles. The Morgan fingerprint density at radius 2 is 2.05 bits per heavy atom. The first kappa shape index (κ1) is 11.6. The third-order valence-corrected chi connectivity index (χ3v) is 2.91. The van der Waals surface area contributed by atoms with Crippen LogP contribution in [0.3, 0.4) is 0 Å². The highest BCUT2D eigenvalue weighted by Gasteiger charge is 2.27. The van der Waals surface area contributed by atoms with E-state index in [0.717, 1.165) is 5.76 Å². The van der Waals surface area contributed by atoms with Gasteiger partial charge in [0.05, 0.1) is 12.7 Å². The third-order valence-electron chi connectivity index (χ3n) is 2.91. The Kier molecular flexibility index (Phi) is 2.63. The van der Waals surface area contributed by atoms with E-state index in [1.165, 1.54) is 0 Å². The van der Waals surface area contributed by atoms with Crippen molar-refractivity contribution in [3.8, 4) is 11.5 Å². The Hall–Kier alpha value is -2.49. The van der Waals surface area contributed by atoms with Crippen molar-refractivity contribution in [2.75, 3.05) is 7.11 Å². The molecular weight excluding hydrogens is 244 g/mol. The maximum Gasteiger partial charge on any atom is 0.232 e. The Labute approximate surface area is 110 Å². The van der Waals surface area contributed by atoms with E-state index in [2.05, 4.69) is 0 Å². The fraction of sp³-hybridized carbons (Fsp3) is 0.133. The highest BCUT2D eigenvalue weighted by atomic mass is 16.5. The van der Waals surface area contributed by atoms with E-state index < -0.39 is 0 Å². The summed E-state index contributed by atoms with van der Waals surface area (Å²) in [7, 11) is 1.57. The second-order valence-corrected chi connectivity index (χ2v) is 4.25. The van der Waals surface area contributed by atoms with E-state index in [9.17, 15) is 4.79 Å². The van der Waals surface area contributed by atoms with Gasteiger partial charge in [0.1, 0.15) is 23.0 Å². The summed E-state index contributed by atoms with van der Waals surface area (Å²) in [6.07, 6.45) is 1.60. The van der Waals surface area contributed by atoms with Crippen LogP contribution in [0.5, 0.6) is 11.5 Å². The number of ether oxygens (including phenoxy) is 2. The minimum Gasteiger partial charge on any atom is -0.497 e. The second-order valence-electron chi connectivity index (χ2n) is 4.25. The molecule has 0 spiro atoms. The number of aryl methyl sites for hydroxylation is 1. The van der Waals surface area contributed by atoms with Gasteiger partial charge in [-0.05, 0) is 31.2 Å². The second kappa shape index (κ2) is 4.31. The normalized spacial score (nSPS) is 15.5. The van der Waals surface area contributed by atoms with Crippen molar-refractivity contribution >= 4 is 11.9 Å². The number of methoxy groups -OCH3 is 1. The van der Waals surface area contributed by atoms with Gasteiger partial charge in [-0.25, -0.2) is 0 Å². The average molecular weight is 256 g/mol. The summed E-state index contributed by atoms with van der Waals surface area (Å²) in [5, 5.41) is 0. The van der Waals surface area contributed by atoms with Crippen molar-refractivity contribution in [1.82, 2.24) is 0 Å². The summed E-state index contributed by atoms with van der Waals surface area (Å²) in [5.74, 6) is 2.67. The standard InChI is InChI=1S/C15H12O4/c1-9-3-4-11(18-9)8-14-15(16)12-6-5-10(17-2)7-13(12)19-14/h3-8H,1-2H3/b14-8-. The number of hydrogen-bond donors (Lipinski definition) is 0. The number of ketones is 1. The van der Waals surface area contributed by atoms with E-state index in [4.69, 9.17) is 13.9 Å². The number of furan rings is 1. The van der Waals surface area contributed by atoms with Crippen LogP contribution in [0, 0.1) is 6.92 Å². The van der Waals surface area contributed by atoms with Gasteiger partial charge in [-0.3, -0.25) is 4.79 Å². The summed E-state index contributed by atoms with van der Waals surface area (Å²) in [6.45, 7) is 1.85. The van der Waals surface area contributed by atoms with E-state index in [1.807, 2.05) is 13.0 Å². The molecule has 0 radical (unpaired) electrons. The average Bonchev–Trinajstić information content (AvgIpc) is 2.95. The molecule has 3 rings (SSSR count). The van der Waals surface area contributed by atoms with Crippen LogP contribution in [0.4, 0.5) is 0 Å². The maximum absolute atomic E-state index is 12.1. The lowest BCUT2D eigenvalue weighted by molar-refractivity contribution is 0.101. The van der Waals surface area contributed by atoms with Crippen LogP contribution in [0.1, 0.15) is 21.9 Å². The zero-order valence-electron chi connectivity index (χ0n) is 10.6.